The van der Waals surface area contributed by atoms with Crippen molar-refractivity contribution in [3.8, 4) is 5.82 Å². The molecule has 0 fully saturated rings. The third kappa shape index (κ3) is 6.57. The van der Waals surface area contributed by atoms with E-state index in [0.717, 1.165) is 19.3 Å². The molecule has 0 aliphatic rings. The molecule has 0 aromatic carbocycles. The van der Waals surface area contributed by atoms with E-state index in [1.54, 1.807) is 29.2 Å². The smallest absolute Gasteiger partial charge is 0.243 e. The summed E-state index contributed by atoms with van der Waals surface area (Å²) in [4.78, 5) is 35.9. The van der Waals surface area contributed by atoms with Crippen LogP contribution >= 0.6 is 0 Å². The number of unbranched alkanes of at least 4 members (excludes halogenated alkanes) is 2. The van der Waals surface area contributed by atoms with Crippen LogP contribution in [-0.2, 0) is 16.1 Å². The molecule has 32 heavy (non-hydrogen) atoms. The van der Waals surface area contributed by atoms with Crippen molar-refractivity contribution in [2.45, 2.75) is 39.2 Å². The molecule has 3 aromatic rings. The van der Waals surface area contributed by atoms with Crippen LogP contribution in [0, 0.1) is 5.92 Å². The number of hydrazine groups is 1. The van der Waals surface area contributed by atoms with E-state index in [1.165, 1.54) is 17.3 Å². The summed E-state index contributed by atoms with van der Waals surface area (Å²) in [5, 5.41) is 18.4. The number of pyridine rings is 1. The van der Waals surface area contributed by atoms with Crippen LogP contribution < -0.4 is 10.9 Å². The lowest BCUT2D eigenvalue weighted by molar-refractivity contribution is -0.154. The lowest BCUT2D eigenvalue weighted by Crippen LogP contribution is -2.40. The van der Waals surface area contributed by atoms with Crippen LogP contribution in [-0.4, -0.2) is 63.6 Å². The SMILES string of the molecule is CCCCC[C@@H](CN(O)C=O)C(=O)NNc1cccc(-n2cnc(Cn3cncn3)n2)n1. The summed E-state index contributed by atoms with van der Waals surface area (Å²) in [5.74, 6) is 0.547. The highest BCUT2D eigenvalue weighted by molar-refractivity contribution is 5.80. The molecule has 13 nitrogen and oxygen atoms in total. The molecular formula is C19H26N10O3. The van der Waals surface area contributed by atoms with Crippen molar-refractivity contribution < 1.29 is 14.8 Å². The average molecular weight is 442 g/mol. The summed E-state index contributed by atoms with van der Waals surface area (Å²) in [5.41, 5.74) is 5.38. The van der Waals surface area contributed by atoms with Gasteiger partial charge in [-0.15, -0.1) is 5.10 Å². The Balaban J connectivity index is 1.60. The number of carbonyl (C=O) groups excluding carboxylic acids is 2. The van der Waals surface area contributed by atoms with Gasteiger partial charge in [0.2, 0.25) is 12.3 Å². The van der Waals surface area contributed by atoms with Crippen LogP contribution in [0.25, 0.3) is 5.82 Å². The van der Waals surface area contributed by atoms with Gasteiger partial charge in [-0.3, -0.25) is 25.6 Å². The van der Waals surface area contributed by atoms with Gasteiger partial charge in [-0.05, 0) is 18.6 Å². The summed E-state index contributed by atoms with van der Waals surface area (Å²) < 4.78 is 3.12. The van der Waals surface area contributed by atoms with E-state index < -0.39 is 5.92 Å². The van der Waals surface area contributed by atoms with Gasteiger partial charge >= 0.3 is 0 Å². The molecular weight excluding hydrogens is 416 g/mol. The molecule has 3 heterocycles. The number of rotatable bonds is 13. The topological polar surface area (TPSA) is 156 Å². The van der Waals surface area contributed by atoms with Crippen molar-refractivity contribution in [1.82, 2.24) is 45.0 Å². The van der Waals surface area contributed by atoms with Crippen LogP contribution in [0.1, 0.15) is 38.4 Å². The molecule has 0 saturated heterocycles. The first-order valence-electron chi connectivity index (χ1n) is 10.3. The minimum absolute atomic E-state index is 0.0816. The zero-order valence-corrected chi connectivity index (χ0v) is 17.7. The third-order valence-electron chi connectivity index (χ3n) is 4.65. The molecule has 0 aliphatic heterocycles. The van der Waals surface area contributed by atoms with E-state index in [0.29, 0.717) is 35.5 Å². The molecule has 2 amide bonds. The number of hydrogen-bond acceptors (Lipinski definition) is 9. The Labute approximate surface area is 184 Å². The standard InChI is InChI=1S/C19H26N10O3/c1-2-3-4-6-15(9-28(32)14-30)19(31)25-24-16-7-5-8-18(23-16)29-13-21-17(26-29)10-27-12-20-11-22-27/h5,7-8,11-15,32H,2-4,6,9-10H2,1H3,(H,23,24)(H,25,31)/t15-/m0/s1. The van der Waals surface area contributed by atoms with E-state index >= 15 is 0 Å². The number of hydrogen-bond donors (Lipinski definition) is 3. The quantitative estimate of drug-likeness (QED) is 0.151. The molecule has 3 N–H and O–H groups in total. The maximum atomic E-state index is 12.6. The fraction of sp³-hybridized carbons (Fsp3) is 0.421. The Hall–Kier alpha value is -3.87. The summed E-state index contributed by atoms with van der Waals surface area (Å²) in [7, 11) is 0. The van der Waals surface area contributed by atoms with Gasteiger partial charge in [-0.25, -0.2) is 29.4 Å². The summed E-state index contributed by atoms with van der Waals surface area (Å²) in [6.07, 6.45) is 8.17. The zero-order valence-electron chi connectivity index (χ0n) is 17.7. The number of hydroxylamine groups is 2. The van der Waals surface area contributed by atoms with Crippen molar-refractivity contribution in [3.05, 3.63) is 43.0 Å². The number of aromatic nitrogens is 7. The monoisotopic (exact) mass is 442 g/mol. The molecule has 0 bridgehead atoms. The van der Waals surface area contributed by atoms with E-state index in [2.05, 4.69) is 42.9 Å². The van der Waals surface area contributed by atoms with E-state index in [9.17, 15) is 14.8 Å². The van der Waals surface area contributed by atoms with Crippen molar-refractivity contribution in [2.24, 2.45) is 5.92 Å². The Morgan fingerprint density at radius 2 is 2.19 bits per heavy atom. The maximum Gasteiger partial charge on any atom is 0.243 e. The first-order chi connectivity index (χ1) is 15.6. The van der Waals surface area contributed by atoms with Gasteiger partial charge in [0, 0.05) is 0 Å². The van der Waals surface area contributed by atoms with E-state index in [4.69, 9.17) is 0 Å². The summed E-state index contributed by atoms with van der Waals surface area (Å²) in [6.45, 7) is 2.36. The Bertz CT molecular complexity index is 991. The second-order valence-electron chi connectivity index (χ2n) is 7.11. The maximum absolute atomic E-state index is 12.6. The number of carbonyl (C=O) groups is 2. The second kappa shape index (κ2) is 11.5. The summed E-state index contributed by atoms with van der Waals surface area (Å²) in [6, 6.07) is 5.20. The Kier molecular flexibility index (Phi) is 8.20. The number of amides is 2. The van der Waals surface area contributed by atoms with Crippen molar-refractivity contribution in [3.63, 3.8) is 0 Å². The van der Waals surface area contributed by atoms with E-state index in [1.807, 2.05) is 0 Å². The summed E-state index contributed by atoms with van der Waals surface area (Å²) >= 11 is 0. The molecule has 13 heteroatoms. The predicted octanol–water partition coefficient (Wildman–Crippen LogP) is 0.789. The first kappa shape index (κ1) is 22.8. The second-order valence-corrected chi connectivity index (χ2v) is 7.11. The van der Waals surface area contributed by atoms with E-state index in [-0.39, 0.29) is 18.9 Å². The van der Waals surface area contributed by atoms with Gasteiger partial charge in [0.15, 0.2) is 11.6 Å². The molecule has 0 spiro atoms. The Morgan fingerprint density at radius 1 is 1.31 bits per heavy atom. The third-order valence-corrected chi connectivity index (χ3v) is 4.65. The predicted molar refractivity (Wildman–Crippen MR) is 112 cm³/mol. The Morgan fingerprint density at radius 3 is 2.94 bits per heavy atom. The van der Waals surface area contributed by atoms with Gasteiger partial charge in [0.1, 0.15) is 31.3 Å². The van der Waals surface area contributed by atoms with Gasteiger partial charge in [0.05, 0.1) is 12.5 Å². The normalized spacial score (nSPS) is 11.7. The number of nitrogens with zero attached hydrogens (tertiary/aromatic N) is 8. The van der Waals surface area contributed by atoms with Crippen molar-refractivity contribution in [2.75, 3.05) is 12.0 Å². The highest BCUT2D eigenvalue weighted by Crippen LogP contribution is 2.12. The first-order valence-corrected chi connectivity index (χ1v) is 10.3. The van der Waals surface area contributed by atoms with Gasteiger partial charge in [-0.2, -0.15) is 5.10 Å². The zero-order chi connectivity index (χ0) is 22.8. The van der Waals surface area contributed by atoms with Crippen LogP contribution in [0.2, 0.25) is 0 Å². The van der Waals surface area contributed by atoms with Crippen LogP contribution in [0.15, 0.2) is 37.2 Å². The molecule has 3 aromatic heterocycles. The minimum atomic E-state index is -0.554. The average Bonchev–Trinajstić information content (AvgIpc) is 3.49. The largest absolute Gasteiger partial charge is 0.286 e. The molecule has 0 unspecified atom stereocenters. The fourth-order valence-electron chi connectivity index (χ4n) is 3.00. The van der Waals surface area contributed by atoms with Crippen LogP contribution in [0.4, 0.5) is 5.82 Å². The highest BCUT2D eigenvalue weighted by Gasteiger charge is 2.20. The number of anilines is 1. The van der Waals surface area contributed by atoms with Crippen LogP contribution in [0.5, 0.6) is 0 Å². The van der Waals surface area contributed by atoms with Crippen molar-refractivity contribution in [1.29, 1.82) is 0 Å². The minimum Gasteiger partial charge on any atom is -0.286 e. The van der Waals surface area contributed by atoms with Gasteiger partial charge in [-0.1, -0.05) is 32.3 Å². The van der Waals surface area contributed by atoms with Crippen LogP contribution in [0.3, 0.4) is 0 Å². The molecule has 3 rings (SSSR count). The van der Waals surface area contributed by atoms with Gasteiger partial charge < -0.3 is 0 Å². The van der Waals surface area contributed by atoms with Gasteiger partial charge in [0.25, 0.3) is 0 Å². The lowest BCUT2D eigenvalue weighted by atomic mass is 10.0. The van der Waals surface area contributed by atoms with Crippen molar-refractivity contribution >= 4 is 18.1 Å². The molecule has 170 valence electrons. The molecule has 0 aliphatic carbocycles. The fourth-order valence-corrected chi connectivity index (χ4v) is 3.00. The highest BCUT2D eigenvalue weighted by atomic mass is 16.5. The molecule has 1 atom stereocenters. The lowest BCUT2D eigenvalue weighted by Gasteiger charge is -2.20. The molecule has 0 saturated carbocycles. The molecule has 0 radical (unpaired) electrons. The number of nitrogens with one attached hydrogen (secondary N) is 2.